The molecule has 2 N–H and O–H groups in total. The van der Waals surface area contributed by atoms with E-state index in [4.69, 9.17) is 5.11 Å². The molecule has 0 aliphatic carbocycles. The van der Waals surface area contributed by atoms with Crippen LogP contribution < -0.4 is 5.32 Å². The zero-order chi connectivity index (χ0) is 9.61. The molecule has 74 valence electrons. The summed E-state index contributed by atoms with van der Waals surface area (Å²) in [4.78, 5) is 0. The van der Waals surface area contributed by atoms with Crippen molar-refractivity contribution in [3.63, 3.8) is 0 Å². The smallest absolute Gasteiger partial charge is 0.0607 e. The Balaban J connectivity index is 3.83. The van der Waals surface area contributed by atoms with Gasteiger partial charge in [-0.25, -0.2) is 0 Å². The van der Waals surface area contributed by atoms with Gasteiger partial charge in [0.2, 0.25) is 0 Å². The largest absolute Gasteiger partial charge is 0.394 e. The van der Waals surface area contributed by atoms with Crippen LogP contribution in [0.5, 0.6) is 0 Å². The number of hydrogen-bond donors (Lipinski definition) is 2. The standard InChI is InChI=1S/C10H23NO/c1-5-7-9(6-2)11-10(3,4)8-12/h9,11-12H,5-8H2,1-4H3. The van der Waals surface area contributed by atoms with Crippen LogP contribution in [0.15, 0.2) is 0 Å². The minimum Gasteiger partial charge on any atom is -0.394 e. The zero-order valence-electron chi connectivity index (χ0n) is 8.85. The first-order valence-corrected chi connectivity index (χ1v) is 4.94. The molecular formula is C10H23NO. The molecule has 0 saturated heterocycles. The summed E-state index contributed by atoms with van der Waals surface area (Å²) in [5.74, 6) is 0. The second-order valence-electron chi connectivity index (χ2n) is 4.08. The van der Waals surface area contributed by atoms with Crippen molar-refractivity contribution in [2.24, 2.45) is 0 Å². The van der Waals surface area contributed by atoms with Gasteiger partial charge in [-0.3, -0.25) is 0 Å². The van der Waals surface area contributed by atoms with Crippen LogP contribution in [0.25, 0.3) is 0 Å². The van der Waals surface area contributed by atoms with E-state index in [1.807, 2.05) is 13.8 Å². The summed E-state index contributed by atoms with van der Waals surface area (Å²) in [6.07, 6.45) is 3.53. The second-order valence-corrected chi connectivity index (χ2v) is 4.08. The maximum atomic E-state index is 9.04. The quantitative estimate of drug-likeness (QED) is 0.643. The topological polar surface area (TPSA) is 32.3 Å². The second kappa shape index (κ2) is 5.55. The molecule has 0 bridgehead atoms. The maximum Gasteiger partial charge on any atom is 0.0607 e. The molecule has 1 atom stereocenters. The number of nitrogens with one attached hydrogen (secondary N) is 1. The van der Waals surface area contributed by atoms with E-state index in [-0.39, 0.29) is 12.1 Å². The van der Waals surface area contributed by atoms with Gasteiger partial charge >= 0.3 is 0 Å². The average Bonchev–Trinajstić information content (AvgIpc) is 2.03. The molecule has 0 aliphatic rings. The molecule has 0 heterocycles. The molecule has 0 saturated carbocycles. The Hall–Kier alpha value is -0.0800. The van der Waals surface area contributed by atoms with Gasteiger partial charge in [-0.05, 0) is 26.7 Å². The summed E-state index contributed by atoms with van der Waals surface area (Å²) in [5, 5.41) is 12.5. The van der Waals surface area contributed by atoms with Gasteiger partial charge in [-0.1, -0.05) is 20.3 Å². The normalized spacial score (nSPS) is 14.8. The van der Waals surface area contributed by atoms with Gasteiger partial charge in [0, 0.05) is 11.6 Å². The van der Waals surface area contributed by atoms with E-state index in [9.17, 15) is 0 Å². The summed E-state index contributed by atoms with van der Waals surface area (Å²) >= 11 is 0. The lowest BCUT2D eigenvalue weighted by atomic mass is 10.0. The molecule has 0 radical (unpaired) electrons. The number of rotatable bonds is 6. The van der Waals surface area contributed by atoms with Crippen molar-refractivity contribution in [2.45, 2.75) is 58.5 Å². The lowest BCUT2D eigenvalue weighted by Crippen LogP contribution is -2.48. The van der Waals surface area contributed by atoms with E-state index in [0.717, 1.165) is 6.42 Å². The number of hydrogen-bond acceptors (Lipinski definition) is 2. The molecule has 0 rings (SSSR count). The van der Waals surface area contributed by atoms with Crippen LogP contribution in [0.3, 0.4) is 0 Å². The maximum absolute atomic E-state index is 9.04. The first kappa shape index (κ1) is 11.9. The van der Waals surface area contributed by atoms with Crippen molar-refractivity contribution in [1.29, 1.82) is 0 Å². The predicted octanol–water partition coefficient (Wildman–Crippen LogP) is 1.93. The summed E-state index contributed by atoms with van der Waals surface area (Å²) in [7, 11) is 0. The van der Waals surface area contributed by atoms with Gasteiger partial charge in [0.25, 0.3) is 0 Å². The summed E-state index contributed by atoms with van der Waals surface area (Å²) in [5.41, 5.74) is -0.129. The fourth-order valence-electron chi connectivity index (χ4n) is 1.33. The highest BCUT2D eigenvalue weighted by molar-refractivity contribution is 4.80. The third-order valence-corrected chi connectivity index (χ3v) is 2.12. The van der Waals surface area contributed by atoms with E-state index in [1.54, 1.807) is 0 Å². The Bertz CT molecular complexity index is 112. The third kappa shape index (κ3) is 4.73. The van der Waals surface area contributed by atoms with Gasteiger partial charge < -0.3 is 10.4 Å². The molecule has 0 aromatic rings. The zero-order valence-corrected chi connectivity index (χ0v) is 8.85. The van der Waals surface area contributed by atoms with E-state index in [2.05, 4.69) is 19.2 Å². The molecule has 0 spiro atoms. The highest BCUT2D eigenvalue weighted by Crippen LogP contribution is 2.08. The van der Waals surface area contributed by atoms with Crippen LogP contribution in [0.4, 0.5) is 0 Å². The highest BCUT2D eigenvalue weighted by Gasteiger charge is 2.19. The number of aliphatic hydroxyl groups is 1. The Morgan fingerprint density at radius 3 is 2.25 bits per heavy atom. The highest BCUT2D eigenvalue weighted by atomic mass is 16.3. The van der Waals surface area contributed by atoms with Gasteiger partial charge in [0.15, 0.2) is 0 Å². The van der Waals surface area contributed by atoms with Gasteiger partial charge in [-0.2, -0.15) is 0 Å². The van der Waals surface area contributed by atoms with Crippen molar-refractivity contribution >= 4 is 0 Å². The van der Waals surface area contributed by atoms with Gasteiger partial charge in [0.05, 0.1) is 6.61 Å². The van der Waals surface area contributed by atoms with Crippen LogP contribution in [0, 0.1) is 0 Å². The summed E-state index contributed by atoms with van der Waals surface area (Å²) < 4.78 is 0. The van der Waals surface area contributed by atoms with Crippen LogP contribution >= 0.6 is 0 Å². The Kier molecular flexibility index (Phi) is 5.51. The Labute approximate surface area is 76.4 Å². The van der Waals surface area contributed by atoms with E-state index < -0.39 is 0 Å². The molecule has 12 heavy (non-hydrogen) atoms. The van der Waals surface area contributed by atoms with Crippen molar-refractivity contribution in [3.8, 4) is 0 Å². The number of aliphatic hydroxyl groups excluding tert-OH is 1. The molecular weight excluding hydrogens is 150 g/mol. The van der Waals surface area contributed by atoms with Gasteiger partial charge in [0.1, 0.15) is 0 Å². The molecule has 0 aromatic carbocycles. The summed E-state index contributed by atoms with van der Waals surface area (Å²) in [6.45, 7) is 8.64. The van der Waals surface area contributed by atoms with Crippen LogP contribution in [-0.2, 0) is 0 Å². The molecule has 0 aromatic heterocycles. The monoisotopic (exact) mass is 173 g/mol. The van der Waals surface area contributed by atoms with E-state index >= 15 is 0 Å². The molecule has 0 fully saturated rings. The summed E-state index contributed by atoms with van der Waals surface area (Å²) in [6, 6.07) is 0.553. The SMILES string of the molecule is CCCC(CC)NC(C)(C)CO. The lowest BCUT2D eigenvalue weighted by Gasteiger charge is -2.29. The third-order valence-electron chi connectivity index (χ3n) is 2.12. The van der Waals surface area contributed by atoms with Crippen molar-refractivity contribution in [3.05, 3.63) is 0 Å². The molecule has 0 amide bonds. The Morgan fingerprint density at radius 2 is 1.92 bits per heavy atom. The fraction of sp³-hybridized carbons (Fsp3) is 1.00. The fourth-order valence-corrected chi connectivity index (χ4v) is 1.33. The van der Waals surface area contributed by atoms with Crippen molar-refractivity contribution in [2.75, 3.05) is 6.61 Å². The predicted molar refractivity (Wildman–Crippen MR) is 53.3 cm³/mol. The molecule has 2 nitrogen and oxygen atoms in total. The minimum absolute atomic E-state index is 0.129. The first-order chi connectivity index (χ1) is 5.55. The Morgan fingerprint density at radius 1 is 1.33 bits per heavy atom. The minimum atomic E-state index is -0.129. The van der Waals surface area contributed by atoms with E-state index in [0.29, 0.717) is 6.04 Å². The van der Waals surface area contributed by atoms with Crippen molar-refractivity contribution in [1.82, 2.24) is 5.32 Å². The molecule has 1 unspecified atom stereocenters. The first-order valence-electron chi connectivity index (χ1n) is 4.94. The van der Waals surface area contributed by atoms with Crippen LogP contribution in [-0.4, -0.2) is 23.3 Å². The van der Waals surface area contributed by atoms with Crippen molar-refractivity contribution < 1.29 is 5.11 Å². The van der Waals surface area contributed by atoms with Gasteiger partial charge in [-0.15, -0.1) is 0 Å². The van der Waals surface area contributed by atoms with Crippen LogP contribution in [0.1, 0.15) is 47.0 Å². The lowest BCUT2D eigenvalue weighted by molar-refractivity contribution is 0.171. The molecule has 0 aliphatic heterocycles. The van der Waals surface area contributed by atoms with E-state index in [1.165, 1.54) is 12.8 Å². The molecule has 2 heteroatoms. The van der Waals surface area contributed by atoms with Crippen LogP contribution in [0.2, 0.25) is 0 Å². The average molecular weight is 173 g/mol.